The van der Waals surface area contributed by atoms with Gasteiger partial charge in [0.25, 0.3) is 0 Å². The molecule has 1 aromatic heterocycles. The SMILES string of the molecule is CCOC(=O)C1CCCc2sc(NC3CCC(C)C3)nc21. The van der Waals surface area contributed by atoms with Gasteiger partial charge in [0.2, 0.25) is 0 Å². The predicted molar refractivity (Wildman–Crippen MR) is 84.9 cm³/mol. The molecule has 0 amide bonds. The zero-order valence-corrected chi connectivity index (χ0v) is 13.7. The summed E-state index contributed by atoms with van der Waals surface area (Å²) >= 11 is 1.73. The van der Waals surface area contributed by atoms with Gasteiger partial charge in [-0.1, -0.05) is 6.92 Å². The lowest BCUT2D eigenvalue weighted by atomic mass is 9.91. The van der Waals surface area contributed by atoms with Crippen LogP contribution in [0.15, 0.2) is 0 Å². The molecule has 1 aromatic rings. The molecule has 0 bridgehead atoms. The van der Waals surface area contributed by atoms with Crippen molar-refractivity contribution in [2.45, 2.75) is 64.3 Å². The molecule has 3 atom stereocenters. The lowest BCUT2D eigenvalue weighted by Crippen LogP contribution is -2.20. The van der Waals surface area contributed by atoms with Crippen molar-refractivity contribution in [2.75, 3.05) is 11.9 Å². The van der Waals surface area contributed by atoms with Crippen LogP contribution in [0.2, 0.25) is 0 Å². The van der Waals surface area contributed by atoms with Crippen molar-refractivity contribution < 1.29 is 9.53 Å². The topological polar surface area (TPSA) is 51.2 Å². The quantitative estimate of drug-likeness (QED) is 0.861. The number of hydrogen-bond donors (Lipinski definition) is 1. The summed E-state index contributed by atoms with van der Waals surface area (Å²) in [6.45, 7) is 4.61. The maximum atomic E-state index is 12.1. The molecule has 0 aliphatic heterocycles. The number of anilines is 1. The van der Waals surface area contributed by atoms with Crippen LogP contribution in [-0.4, -0.2) is 23.6 Å². The minimum Gasteiger partial charge on any atom is -0.465 e. The Morgan fingerprint density at radius 1 is 1.43 bits per heavy atom. The Labute approximate surface area is 130 Å². The highest BCUT2D eigenvalue weighted by Gasteiger charge is 2.32. The average molecular weight is 308 g/mol. The second-order valence-electron chi connectivity index (χ2n) is 6.28. The largest absolute Gasteiger partial charge is 0.465 e. The van der Waals surface area contributed by atoms with E-state index in [0.29, 0.717) is 12.6 Å². The Bertz CT molecular complexity index is 514. The molecule has 0 aromatic carbocycles. The van der Waals surface area contributed by atoms with E-state index in [-0.39, 0.29) is 11.9 Å². The predicted octanol–water partition coefficient (Wildman–Crippen LogP) is 3.73. The molecule has 3 unspecified atom stereocenters. The highest BCUT2D eigenvalue weighted by atomic mass is 32.1. The van der Waals surface area contributed by atoms with Gasteiger partial charge in [-0.2, -0.15) is 0 Å². The lowest BCUT2D eigenvalue weighted by Gasteiger charge is -2.19. The fourth-order valence-corrected chi connectivity index (χ4v) is 4.61. The fourth-order valence-electron chi connectivity index (χ4n) is 3.47. The van der Waals surface area contributed by atoms with Gasteiger partial charge in [-0.15, -0.1) is 11.3 Å². The van der Waals surface area contributed by atoms with E-state index in [2.05, 4.69) is 12.2 Å². The number of esters is 1. The van der Waals surface area contributed by atoms with Crippen LogP contribution < -0.4 is 5.32 Å². The number of fused-ring (bicyclic) bond motifs is 1. The van der Waals surface area contributed by atoms with Gasteiger partial charge in [-0.3, -0.25) is 4.79 Å². The molecular weight excluding hydrogens is 284 g/mol. The average Bonchev–Trinajstić information content (AvgIpc) is 3.04. The minimum atomic E-state index is -0.150. The summed E-state index contributed by atoms with van der Waals surface area (Å²) in [4.78, 5) is 18.1. The highest BCUT2D eigenvalue weighted by molar-refractivity contribution is 7.15. The first kappa shape index (κ1) is 14.8. The third-order valence-electron chi connectivity index (χ3n) is 4.55. The molecule has 21 heavy (non-hydrogen) atoms. The zero-order chi connectivity index (χ0) is 14.8. The van der Waals surface area contributed by atoms with Crippen LogP contribution >= 0.6 is 11.3 Å². The summed E-state index contributed by atoms with van der Waals surface area (Å²) in [6.07, 6.45) is 6.73. The van der Waals surface area contributed by atoms with E-state index in [1.165, 1.54) is 24.1 Å². The summed E-state index contributed by atoms with van der Waals surface area (Å²) in [5.74, 6) is 0.553. The first-order valence-corrected chi connectivity index (χ1v) is 8.91. The summed E-state index contributed by atoms with van der Waals surface area (Å²) in [5, 5.41) is 4.57. The van der Waals surface area contributed by atoms with Gasteiger partial charge in [0.05, 0.1) is 12.3 Å². The molecule has 0 radical (unpaired) electrons. The number of hydrogen-bond acceptors (Lipinski definition) is 5. The summed E-state index contributed by atoms with van der Waals surface area (Å²) in [7, 11) is 0. The lowest BCUT2D eigenvalue weighted by molar-refractivity contribution is -0.145. The number of ether oxygens (including phenoxy) is 1. The van der Waals surface area contributed by atoms with Crippen molar-refractivity contribution in [3.63, 3.8) is 0 Å². The smallest absolute Gasteiger partial charge is 0.315 e. The second-order valence-corrected chi connectivity index (χ2v) is 7.37. The first-order valence-electron chi connectivity index (χ1n) is 8.10. The number of rotatable bonds is 4. The molecule has 0 spiro atoms. The molecular formula is C16H24N2O2S. The van der Waals surface area contributed by atoms with Crippen LogP contribution in [0.1, 0.15) is 62.4 Å². The Hall–Kier alpha value is -1.10. The molecule has 1 fully saturated rings. The maximum Gasteiger partial charge on any atom is 0.315 e. The molecule has 1 N–H and O–H groups in total. The van der Waals surface area contributed by atoms with Gasteiger partial charge in [-0.05, 0) is 51.4 Å². The first-order chi connectivity index (χ1) is 10.2. The van der Waals surface area contributed by atoms with Crippen LogP contribution in [0.4, 0.5) is 5.13 Å². The molecule has 3 rings (SSSR count). The van der Waals surface area contributed by atoms with Crippen LogP contribution in [-0.2, 0) is 16.0 Å². The number of nitrogens with zero attached hydrogens (tertiary/aromatic N) is 1. The van der Waals surface area contributed by atoms with E-state index in [0.717, 1.165) is 36.0 Å². The van der Waals surface area contributed by atoms with Crippen molar-refractivity contribution in [1.82, 2.24) is 4.98 Å². The van der Waals surface area contributed by atoms with Crippen molar-refractivity contribution >= 4 is 22.4 Å². The summed E-state index contributed by atoms with van der Waals surface area (Å²) in [6, 6.07) is 0.550. The second kappa shape index (κ2) is 6.34. The van der Waals surface area contributed by atoms with Crippen LogP contribution in [0.25, 0.3) is 0 Å². The van der Waals surface area contributed by atoms with Crippen LogP contribution in [0.5, 0.6) is 0 Å². The standard InChI is InChI=1S/C16H24N2O2S/c1-3-20-15(19)12-5-4-6-13-14(12)18-16(21-13)17-11-8-7-10(2)9-11/h10-12H,3-9H2,1-2H3,(H,17,18). The van der Waals surface area contributed by atoms with Gasteiger partial charge < -0.3 is 10.1 Å². The number of aryl methyl sites for hydroxylation is 1. The van der Waals surface area contributed by atoms with E-state index in [9.17, 15) is 4.79 Å². The Morgan fingerprint density at radius 3 is 3.00 bits per heavy atom. The fraction of sp³-hybridized carbons (Fsp3) is 0.750. The number of thiazole rings is 1. The van der Waals surface area contributed by atoms with Crippen molar-refractivity contribution in [3.8, 4) is 0 Å². The summed E-state index contributed by atoms with van der Waals surface area (Å²) < 4.78 is 5.20. The maximum absolute atomic E-state index is 12.1. The van der Waals surface area contributed by atoms with E-state index in [1.807, 2.05) is 6.92 Å². The highest BCUT2D eigenvalue weighted by Crippen LogP contribution is 2.38. The molecule has 1 heterocycles. The van der Waals surface area contributed by atoms with Gasteiger partial charge >= 0.3 is 5.97 Å². The van der Waals surface area contributed by atoms with Gasteiger partial charge in [0.1, 0.15) is 5.92 Å². The van der Waals surface area contributed by atoms with Gasteiger partial charge in [0, 0.05) is 10.9 Å². The van der Waals surface area contributed by atoms with E-state index < -0.39 is 0 Å². The van der Waals surface area contributed by atoms with E-state index >= 15 is 0 Å². The minimum absolute atomic E-state index is 0.107. The Morgan fingerprint density at radius 2 is 2.29 bits per heavy atom. The normalized spacial score (nSPS) is 28.2. The number of nitrogens with one attached hydrogen (secondary N) is 1. The molecule has 2 aliphatic rings. The van der Waals surface area contributed by atoms with Crippen molar-refractivity contribution in [2.24, 2.45) is 5.92 Å². The zero-order valence-electron chi connectivity index (χ0n) is 12.9. The van der Waals surface area contributed by atoms with Crippen molar-refractivity contribution in [1.29, 1.82) is 0 Å². The summed E-state index contributed by atoms with van der Waals surface area (Å²) in [5.41, 5.74) is 0.971. The molecule has 1 saturated carbocycles. The Kier molecular flexibility index (Phi) is 4.48. The van der Waals surface area contributed by atoms with Crippen LogP contribution in [0.3, 0.4) is 0 Å². The van der Waals surface area contributed by atoms with Crippen LogP contribution in [0, 0.1) is 5.92 Å². The molecule has 2 aliphatic carbocycles. The number of aromatic nitrogens is 1. The Balaban J connectivity index is 1.73. The van der Waals surface area contributed by atoms with Crippen molar-refractivity contribution in [3.05, 3.63) is 10.6 Å². The van der Waals surface area contributed by atoms with E-state index in [4.69, 9.17) is 9.72 Å². The molecule has 116 valence electrons. The number of carbonyl (C=O) groups excluding carboxylic acids is 1. The van der Waals surface area contributed by atoms with E-state index in [1.54, 1.807) is 11.3 Å². The monoisotopic (exact) mass is 308 g/mol. The van der Waals surface area contributed by atoms with Gasteiger partial charge in [0.15, 0.2) is 5.13 Å². The number of carbonyl (C=O) groups is 1. The molecule has 4 nitrogen and oxygen atoms in total. The third-order valence-corrected chi connectivity index (χ3v) is 5.61. The third kappa shape index (κ3) is 3.23. The molecule has 0 saturated heterocycles. The molecule has 5 heteroatoms. The van der Waals surface area contributed by atoms with Gasteiger partial charge in [-0.25, -0.2) is 4.98 Å².